The fourth-order valence-corrected chi connectivity index (χ4v) is 3.73. The average Bonchev–Trinajstić information content (AvgIpc) is 2.70. The van der Waals surface area contributed by atoms with Crippen molar-refractivity contribution in [2.24, 2.45) is 0 Å². The molecule has 1 heterocycles. The number of nitrogens with one attached hydrogen (secondary N) is 1. The zero-order valence-corrected chi connectivity index (χ0v) is 13.8. The number of hydrogen-bond acceptors (Lipinski definition) is 3. The van der Waals surface area contributed by atoms with Gasteiger partial charge in [-0.25, -0.2) is 0 Å². The molecule has 0 saturated carbocycles. The number of benzene rings is 1. The van der Waals surface area contributed by atoms with E-state index in [9.17, 15) is 13.2 Å². The highest BCUT2D eigenvalue weighted by molar-refractivity contribution is 9.11. The van der Waals surface area contributed by atoms with Crippen LogP contribution in [0.4, 0.5) is 13.2 Å². The third-order valence-corrected chi connectivity index (χ3v) is 5.22. The van der Waals surface area contributed by atoms with Crippen LogP contribution in [0.5, 0.6) is 5.75 Å². The highest BCUT2D eigenvalue weighted by atomic mass is 79.9. The van der Waals surface area contributed by atoms with Crippen molar-refractivity contribution in [3.05, 3.63) is 49.6 Å². The molecular weight excluding hydrogens is 391 g/mol. The van der Waals surface area contributed by atoms with Crippen LogP contribution in [0.25, 0.3) is 0 Å². The quantitative estimate of drug-likeness (QED) is 0.745. The molecule has 0 fully saturated rings. The molecule has 21 heavy (non-hydrogen) atoms. The minimum Gasteiger partial charge on any atom is -0.406 e. The van der Waals surface area contributed by atoms with Crippen LogP contribution in [0.2, 0.25) is 5.02 Å². The second-order valence-electron chi connectivity index (χ2n) is 4.11. The van der Waals surface area contributed by atoms with Gasteiger partial charge in [0.15, 0.2) is 0 Å². The molecule has 0 aliphatic heterocycles. The molecule has 0 aliphatic carbocycles. The van der Waals surface area contributed by atoms with Crippen molar-refractivity contribution >= 4 is 38.9 Å². The predicted octanol–water partition coefficient (Wildman–Crippen LogP) is 5.37. The summed E-state index contributed by atoms with van der Waals surface area (Å²) < 4.78 is 41.0. The van der Waals surface area contributed by atoms with E-state index in [1.165, 1.54) is 23.5 Å². The molecule has 0 spiro atoms. The average molecular weight is 401 g/mol. The van der Waals surface area contributed by atoms with E-state index >= 15 is 0 Å². The van der Waals surface area contributed by atoms with Gasteiger partial charge in [-0.2, -0.15) is 0 Å². The van der Waals surface area contributed by atoms with Crippen LogP contribution in [-0.2, 0) is 0 Å². The molecule has 8 heteroatoms. The topological polar surface area (TPSA) is 21.3 Å². The van der Waals surface area contributed by atoms with Crippen LogP contribution in [0.3, 0.4) is 0 Å². The fraction of sp³-hybridized carbons (Fsp3) is 0.231. The van der Waals surface area contributed by atoms with E-state index in [1.807, 2.05) is 6.07 Å². The zero-order valence-electron chi connectivity index (χ0n) is 10.7. The number of halogens is 5. The monoisotopic (exact) mass is 399 g/mol. The lowest BCUT2D eigenvalue weighted by Gasteiger charge is -2.16. The lowest BCUT2D eigenvalue weighted by Crippen LogP contribution is -2.18. The Morgan fingerprint density at radius 1 is 1.29 bits per heavy atom. The second-order valence-corrected chi connectivity index (χ2v) is 6.92. The van der Waals surface area contributed by atoms with Gasteiger partial charge in [-0.1, -0.05) is 23.7 Å². The summed E-state index contributed by atoms with van der Waals surface area (Å²) >= 11 is 10.8. The summed E-state index contributed by atoms with van der Waals surface area (Å²) in [6, 6.07) is 7.42. The molecule has 0 aliphatic rings. The van der Waals surface area contributed by atoms with Gasteiger partial charge in [-0.05, 0) is 46.7 Å². The van der Waals surface area contributed by atoms with Crippen molar-refractivity contribution in [1.29, 1.82) is 0 Å². The summed E-state index contributed by atoms with van der Waals surface area (Å²) in [7, 11) is 1.77. The Morgan fingerprint density at radius 3 is 2.33 bits per heavy atom. The van der Waals surface area contributed by atoms with Gasteiger partial charge in [0.1, 0.15) is 5.75 Å². The first-order chi connectivity index (χ1) is 9.80. The summed E-state index contributed by atoms with van der Waals surface area (Å²) in [4.78, 5) is 0.957. The summed E-state index contributed by atoms with van der Waals surface area (Å²) in [6.45, 7) is 0. The third-order valence-electron chi connectivity index (χ3n) is 2.68. The van der Waals surface area contributed by atoms with Gasteiger partial charge < -0.3 is 10.1 Å². The number of rotatable bonds is 4. The van der Waals surface area contributed by atoms with E-state index in [1.54, 1.807) is 19.2 Å². The lowest BCUT2D eigenvalue weighted by molar-refractivity contribution is -0.274. The molecule has 2 nitrogen and oxygen atoms in total. The SMILES string of the molecule is CNC(c1ccc(OC(F)(F)F)cc1)c1cc(Cl)c(Br)s1. The van der Waals surface area contributed by atoms with E-state index in [-0.39, 0.29) is 11.8 Å². The molecular formula is C13H10BrClF3NOS. The molecule has 0 saturated heterocycles. The van der Waals surface area contributed by atoms with Crippen molar-refractivity contribution in [3.8, 4) is 5.75 Å². The highest BCUT2D eigenvalue weighted by Gasteiger charge is 2.31. The largest absolute Gasteiger partial charge is 0.573 e. The molecule has 0 amide bonds. The minimum atomic E-state index is -4.68. The Kier molecular flexibility index (Phi) is 5.19. The van der Waals surface area contributed by atoms with Crippen molar-refractivity contribution < 1.29 is 17.9 Å². The lowest BCUT2D eigenvalue weighted by atomic mass is 10.1. The van der Waals surface area contributed by atoms with Gasteiger partial charge in [0.05, 0.1) is 14.9 Å². The first-order valence-corrected chi connectivity index (χ1v) is 7.76. The van der Waals surface area contributed by atoms with Crippen molar-refractivity contribution in [3.63, 3.8) is 0 Å². The highest BCUT2D eigenvalue weighted by Crippen LogP contribution is 2.37. The smallest absolute Gasteiger partial charge is 0.406 e. The first-order valence-electron chi connectivity index (χ1n) is 5.78. The van der Waals surface area contributed by atoms with Gasteiger partial charge in [0.2, 0.25) is 0 Å². The Labute approximate surface area is 137 Å². The maximum atomic E-state index is 12.1. The van der Waals surface area contributed by atoms with Gasteiger partial charge in [-0.15, -0.1) is 24.5 Å². The Morgan fingerprint density at radius 2 is 1.90 bits per heavy atom. The number of alkyl halides is 3. The maximum Gasteiger partial charge on any atom is 0.573 e. The van der Waals surface area contributed by atoms with Gasteiger partial charge in [-0.3, -0.25) is 0 Å². The predicted molar refractivity (Wildman–Crippen MR) is 81.1 cm³/mol. The number of hydrogen-bond donors (Lipinski definition) is 1. The number of thiophene rings is 1. The van der Waals surface area contributed by atoms with Crippen molar-refractivity contribution in [1.82, 2.24) is 5.32 Å². The van der Waals surface area contributed by atoms with Crippen molar-refractivity contribution in [2.75, 3.05) is 7.05 Å². The van der Waals surface area contributed by atoms with Crippen LogP contribution in [0, 0.1) is 0 Å². The van der Waals surface area contributed by atoms with Crippen LogP contribution in [-0.4, -0.2) is 13.4 Å². The summed E-state index contributed by atoms with van der Waals surface area (Å²) in [5, 5.41) is 3.71. The molecule has 1 aromatic carbocycles. The Balaban J connectivity index is 2.23. The van der Waals surface area contributed by atoms with E-state index < -0.39 is 6.36 Å². The Bertz CT molecular complexity index is 595. The molecule has 114 valence electrons. The van der Waals surface area contributed by atoms with E-state index in [0.717, 1.165) is 14.2 Å². The zero-order chi connectivity index (χ0) is 15.6. The summed E-state index contributed by atoms with van der Waals surface area (Å²) in [6.07, 6.45) is -4.68. The fourth-order valence-electron chi connectivity index (χ4n) is 1.84. The van der Waals surface area contributed by atoms with Crippen LogP contribution >= 0.6 is 38.9 Å². The molecule has 1 unspecified atom stereocenters. The van der Waals surface area contributed by atoms with E-state index in [2.05, 4.69) is 26.0 Å². The molecule has 0 bridgehead atoms. The molecule has 0 radical (unpaired) electrons. The second kappa shape index (κ2) is 6.56. The Hall–Kier alpha value is -0.760. The summed E-state index contributed by atoms with van der Waals surface area (Å²) in [5.41, 5.74) is 0.817. The third kappa shape index (κ3) is 4.35. The standard InChI is InChI=1S/C13H10BrClF3NOS/c1-19-11(10-6-9(15)12(14)21-10)7-2-4-8(5-3-7)20-13(16,17)18/h2-6,11,19H,1H3. The first kappa shape index (κ1) is 16.6. The molecule has 1 N–H and O–H groups in total. The van der Waals surface area contributed by atoms with Gasteiger partial charge >= 0.3 is 6.36 Å². The van der Waals surface area contributed by atoms with E-state index in [4.69, 9.17) is 11.6 Å². The van der Waals surface area contributed by atoms with Gasteiger partial charge in [0.25, 0.3) is 0 Å². The molecule has 1 aromatic heterocycles. The maximum absolute atomic E-state index is 12.1. The number of ether oxygens (including phenoxy) is 1. The molecule has 1 atom stereocenters. The summed E-state index contributed by atoms with van der Waals surface area (Å²) in [5.74, 6) is -0.244. The van der Waals surface area contributed by atoms with Crippen LogP contribution in [0.15, 0.2) is 34.1 Å². The molecule has 2 rings (SSSR count). The normalized spacial score (nSPS) is 13.2. The van der Waals surface area contributed by atoms with Crippen LogP contribution in [0.1, 0.15) is 16.5 Å². The molecule has 2 aromatic rings. The van der Waals surface area contributed by atoms with Crippen LogP contribution < -0.4 is 10.1 Å². The van der Waals surface area contributed by atoms with E-state index in [0.29, 0.717) is 5.02 Å². The van der Waals surface area contributed by atoms with Crippen molar-refractivity contribution in [2.45, 2.75) is 12.4 Å². The minimum absolute atomic E-state index is 0.154. The van der Waals surface area contributed by atoms with Gasteiger partial charge in [0, 0.05) is 4.88 Å².